The number of alkyl carbamates (subject to hydrolysis) is 2. The molecule has 1 heterocycles. The number of carboxylic acid groups (broad SMARTS) is 1. The number of aliphatic carboxylic acids is 1. The van der Waals surface area contributed by atoms with Gasteiger partial charge in [-0.25, -0.2) is 19.4 Å². The summed E-state index contributed by atoms with van der Waals surface area (Å²) in [5.74, 6) is -3.13. The summed E-state index contributed by atoms with van der Waals surface area (Å²) < 4.78 is 24.7. The minimum atomic E-state index is -1.53. The molecule has 5 atom stereocenters. The van der Waals surface area contributed by atoms with E-state index >= 15 is 0 Å². The number of carboxylic acids is 1. The van der Waals surface area contributed by atoms with E-state index in [9.17, 15) is 34.5 Å². The van der Waals surface area contributed by atoms with E-state index in [1.54, 1.807) is 6.92 Å². The maximum absolute atomic E-state index is 11.9. The molecule has 1 aliphatic heterocycles. The van der Waals surface area contributed by atoms with Crippen LogP contribution in [0, 0.1) is 0 Å². The molecule has 0 bridgehead atoms. The number of nitrogens with zero attached hydrogens (tertiary/aromatic N) is 1. The number of aliphatic imine (C=N–C) groups is 1. The highest BCUT2D eigenvalue weighted by Gasteiger charge is 2.45. The first-order valence-electron chi connectivity index (χ1n) is 10.3. The van der Waals surface area contributed by atoms with E-state index in [2.05, 4.69) is 20.4 Å². The van der Waals surface area contributed by atoms with Crippen molar-refractivity contribution >= 4 is 30.1 Å². The zero-order valence-electron chi connectivity index (χ0n) is 19.3. The summed E-state index contributed by atoms with van der Waals surface area (Å²) in [4.78, 5) is 50.5. The van der Waals surface area contributed by atoms with Crippen LogP contribution in [0.4, 0.5) is 9.59 Å². The van der Waals surface area contributed by atoms with E-state index in [1.165, 1.54) is 7.11 Å². The number of nitrogens with two attached hydrogens (primary N) is 1. The fraction of sp³-hybridized carbons (Fsp3) is 0.632. The van der Waals surface area contributed by atoms with Crippen LogP contribution in [0.1, 0.15) is 13.3 Å². The Morgan fingerprint density at radius 3 is 2.40 bits per heavy atom. The first-order valence-corrected chi connectivity index (χ1v) is 10.3. The fourth-order valence-electron chi connectivity index (χ4n) is 2.93. The molecule has 0 fully saturated rings. The van der Waals surface area contributed by atoms with Gasteiger partial charge in [0.25, 0.3) is 0 Å². The van der Waals surface area contributed by atoms with Crippen molar-refractivity contribution in [2.45, 2.75) is 43.7 Å². The number of methoxy groups -OCH3 is 2. The van der Waals surface area contributed by atoms with Crippen molar-refractivity contribution in [2.24, 2.45) is 10.7 Å². The highest BCUT2D eigenvalue weighted by atomic mass is 16.6. The minimum Gasteiger partial charge on any atom is -0.478 e. The van der Waals surface area contributed by atoms with E-state index in [0.29, 0.717) is 0 Å². The minimum absolute atomic E-state index is 0.157. The molecule has 1 rings (SSSR count). The zero-order chi connectivity index (χ0) is 26.5. The molecule has 2 amide bonds. The Kier molecular flexibility index (Phi) is 12.3. The van der Waals surface area contributed by atoms with Crippen LogP contribution in [0.25, 0.3) is 0 Å². The second-order valence-electron chi connectivity index (χ2n) is 6.87. The van der Waals surface area contributed by atoms with Crippen molar-refractivity contribution in [3.8, 4) is 0 Å². The van der Waals surface area contributed by atoms with Gasteiger partial charge in [-0.15, -0.1) is 0 Å². The van der Waals surface area contributed by atoms with Gasteiger partial charge in [0.05, 0.1) is 25.8 Å². The van der Waals surface area contributed by atoms with Gasteiger partial charge < -0.3 is 50.1 Å². The summed E-state index contributed by atoms with van der Waals surface area (Å²) in [5, 5.41) is 33.4. The molecule has 0 saturated heterocycles. The van der Waals surface area contributed by atoms with Crippen molar-refractivity contribution in [1.29, 1.82) is 0 Å². The van der Waals surface area contributed by atoms with Crippen LogP contribution in [-0.4, -0.2) is 110 Å². The van der Waals surface area contributed by atoms with Gasteiger partial charge in [0.1, 0.15) is 25.4 Å². The molecule has 7 N–H and O–H groups in total. The van der Waals surface area contributed by atoms with Crippen LogP contribution in [0.2, 0.25) is 0 Å². The maximum atomic E-state index is 11.9. The first kappa shape index (κ1) is 29.4. The van der Waals surface area contributed by atoms with Crippen molar-refractivity contribution in [3.63, 3.8) is 0 Å². The SMILES string of the molecule is CCC(=O)OCCOC(=O)NC(N)=N[C@@H]1C=C(C(=O)O)O[C@H](C(OC)[C@H](O)CO)[C@@H]1NC(=O)OC. The summed E-state index contributed by atoms with van der Waals surface area (Å²) in [7, 11) is 2.24. The first-order chi connectivity index (χ1) is 16.6. The smallest absolute Gasteiger partial charge is 0.414 e. The van der Waals surface area contributed by atoms with Gasteiger partial charge in [-0.2, -0.15) is 0 Å². The standard InChI is InChI=1S/C19H30N4O12/c1-4-12(26)33-5-6-34-19(30)23-17(20)21-9-7-11(16(27)28)35-15(13(9)22-18(29)32-3)14(31-2)10(25)8-24/h7,9-10,13-15,24-25H,4-6,8H2,1-3H3,(H,22,29)(H,27,28)(H3,20,21,23,30)/t9-,10-,13-,14?,15+/m1/s1. The third kappa shape index (κ3) is 9.26. The third-order valence-corrected chi connectivity index (χ3v) is 4.54. The van der Waals surface area contributed by atoms with Crippen molar-refractivity contribution < 1.29 is 58.2 Å². The highest BCUT2D eigenvalue weighted by Crippen LogP contribution is 2.26. The van der Waals surface area contributed by atoms with Crippen LogP contribution < -0.4 is 16.4 Å². The van der Waals surface area contributed by atoms with Crippen LogP contribution in [0.3, 0.4) is 0 Å². The number of aliphatic hydroxyl groups is 2. The number of rotatable bonds is 11. The monoisotopic (exact) mass is 506 g/mol. The van der Waals surface area contributed by atoms with E-state index in [4.69, 9.17) is 24.7 Å². The van der Waals surface area contributed by atoms with Crippen molar-refractivity contribution in [2.75, 3.05) is 34.0 Å². The molecule has 0 aromatic rings. The molecular weight excluding hydrogens is 476 g/mol. The average molecular weight is 506 g/mol. The van der Waals surface area contributed by atoms with Gasteiger partial charge in [-0.05, 0) is 6.08 Å². The van der Waals surface area contributed by atoms with E-state index in [0.717, 1.165) is 13.2 Å². The summed E-state index contributed by atoms with van der Waals surface area (Å²) in [6.45, 7) is 0.376. The molecule has 1 aliphatic rings. The number of carbonyl (C=O) groups is 4. The molecule has 16 heteroatoms. The lowest BCUT2D eigenvalue weighted by atomic mass is 9.92. The van der Waals surface area contributed by atoms with Gasteiger partial charge in [-0.1, -0.05) is 6.92 Å². The Morgan fingerprint density at radius 2 is 1.86 bits per heavy atom. The maximum Gasteiger partial charge on any atom is 0.414 e. The van der Waals surface area contributed by atoms with Gasteiger partial charge in [0, 0.05) is 13.5 Å². The summed E-state index contributed by atoms with van der Waals surface area (Å²) >= 11 is 0. The Hall–Kier alpha value is -3.63. The fourth-order valence-corrected chi connectivity index (χ4v) is 2.93. The summed E-state index contributed by atoms with van der Waals surface area (Å²) in [5.41, 5.74) is 5.74. The predicted octanol–water partition coefficient (Wildman–Crippen LogP) is -2.19. The van der Waals surface area contributed by atoms with E-state index in [1.807, 2.05) is 0 Å². The number of guanidine groups is 1. The zero-order valence-corrected chi connectivity index (χ0v) is 19.3. The molecular formula is C19H30N4O12. The largest absolute Gasteiger partial charge is 0.478 e. The molecule has 0 aromatic heterocycles. The number of carbonyl (C=O) groups excluding carboxylic acids is 3. The average Bonchev–Trinajstić information content (AvgIpc) is 2.82. The van der Waals surface area contributed by atoms with Crippen LogP contribution in [-0.2, 0) is 33.3 Å². The molecule has 0 aliphatic carbocycles. The highest BCUT2D eigenvalue weighted by molar-refractivity contribution is 5.93. The van der Waals surface area contributed by atoms with Crippen LogP contribution >= 0.6 is 0 Å². The Morgan fingerprint density at radius 1 is 1.20 bits per heavy atom. The molecule has 198 valence electrons. The molecule has 35 heavy (non-hydrogen) atoms. The molecule has 0 aromatic carbocycles. The number of nitrogens with one attached hydrogen (secondary N) is 2. The summed E-state index contributed by atoms with van der Waals surface area (Å²) in [6, 6.07) is -2.50. The van der Waals surface area contributed by atoms with Gasteiger partial charge >= 0.3 is 24.1 Å². The van der Waals surface area contributed by atoms with E-state index < -0.39 is 72.8 Å². The molecule has 1 unspecified atom stereocenters. The lowest BCUT2D eigenvalue weighted by molar-refractivity contribution is -0.148. The van der Waals surface area contributed by atoms with Gasteiger partial charge in [-0.3, -0.25) is 10.1 Å². The topological polar surface area (TPSA) is 238 Å². The Bertz CT molecular complexity index is 818. The second kappa shape index (κ2) is 14.6. The van der Waals surface area contributed by atoms with Gasteiger partial charge in [0.15, 0.2) is 12.1 Å². The Labute approximate surface area is 200 Å². The third-order valence-electron chi connectivity index (χ3n) is 4.54. The van der Waals surface area contributed by atoms with E-state index in [-0.39, 0.29) is 19.6 Å². The molecule has 16 nitrogen and oxygen atoms in total. The predicted molar refractivity (Wildman–Crippen MR) is 115 cm³/mol. The molecule has 0 spiro atoms. The van der Waals surface area contributed by atoms with Crippen LogP contribution in [0.5, 0.6) is 0 Å². The Balaban J connectivity index is 3.14. The van der Waals surface area contributed by atoms with Gasteiger partial charge in [0.2, 0.25) is 5.76 Å². The lowest BCUT2D eigenvalue weighted by Gasteiger charge is -2.39. The van der Waals surface area contributed by atoms with Crippen molar-refractivity contribution in [3.05, 3.63) is 11.8 Å². The quantitative estimate of drug-likeness (QED) is 0.0574. The number of ether oxygens (including phenoxy) is 5. The summed E-state index contributed by atoms with van der Waals surface area (Å²) in [6.07, 6.45) is -5.10. The number of hydrogen-bond acceptors (Lipinski definition) is 12. The molecule has 0 radical (unpaired) electrons. The molecule has 0 saturated carbocycles. The number of aliphatic hydroxyl groups excluding tert-OH is 2. The normalized spacial score (nSPS) is 21.5. The number of hydrogen-bond donors (Lipinski definition) is 6. The van der Waals surface area contributed by atoms with Crippen LogP contribution in [0.15, 0.2) is 16.8 Å². The lowest BCUT2D eigenvalue weighted by Crippen LogP contribution is -2.60. The number of esters is 1. The van der Waals surface area contributed by atoms with Crippen molar-refractivity contribution in [1.82, 2.24) is 10.6 Å². The number of amides is 2. The second-order valence-corrected chi connectivity index (χ2v) is 6.87.